The van der Waals surface area contributed by atoms with E-state index in [2.05, 4.69) is 33.8 Å². The van der Waals surface area contributed by atoms with Gasteiger partial charge in [-0.15, -0.1) is 0 Å². The molecule has 1 aromatic rings. The molecule has 1 aromatic carbocycles. The van der Waals surface area contributed by atoms with Crippen LogP contribution in [0.4, 0.5) is 5.69 Å². The molecule has 94 valence electrons. The van der Waals surface area contributed by atoms with Crippen molar-refractivity contribution in [3.8, 4) is 5.75 Å². The molecule has 1 unspecified atom stereocenters. The molecule has 1 heterocycles. The highest BCUT2D eigenvalue weighted by molar-refractivity contribution is 9.10. The van der Waals surface area contributed by atoms with E-state index in [-0.39, 0.29) is 6.61 Å². The van der Waals surface area contributed by atoms with Gasteiger partial charge in [0.15, 0.2) is 0 Å². The number of ether oxygens (including phenoxy) is 1. The van der Waals surface area contributed by atoms with Crippen molar-refractivity contribution in [2.45, 2.75) is 13.3 Å². The lowest BCUT2D eigenvalue weighted by molar-refractivity contribution is 0.220. The lowest BCUT2D eigenvalue weighted by atomic mass is 10.1. The van der Waals surface area contributed by atoms with E-state index in [0.717, 1.165) is 42.0 Å². The van der Waals surface area contributed by atoms with Crippen LogP contribution in [0.1, 0.15) is 13.3 Å². The highest BCUT2D eigenvalue weighted by Gasteiger charge is 2.20. The van der Waals surface area contributed by atoms with Gasteiger partial charge in [-0.2, -0.15) is 0 Å². The molecule has 0 amide bonds. The summed E-state index contributed by atoms with van der Waals surface area (Å²) in [5.41, 5.74) is 1.12. The first kappa shape index (κ1) is 12.7. The van der Waals surface area contributed by atoms with Crippen molar-refractivity contribution >= 4 is 21.6 Å². The maximum absolute atomic E-state index is 9.29. The van der Waals surface area contributed by atoms with Gasteiger partial charge in [-0.3, -0.25) is 0 Å². The van der Waals surface area contributed by atoms with Crippen LogP contribution >= 0.6 is 15.9 Å². The van der Waals surface area contributed by atoms with Gasteiger partial charge < -0.3 is 14.7 Å². The van der Waals surface area contributed by atoms with Gasteiger partial charge in [0.25, 0.3) is 0 Å². The zero-order chi connectivity index (χ0) is 12.3. The van der Waals surface area contributed by atoms with Crippen molar-refractivity contribution in [1.82, 2.24) is 0 Å². The average molecular weight is 300 g/mol. The van der Waals surface area contributed by atoms with Gasteiger partial charge in [-0.1, -0.05) is 22.9 Å². The van der Waals surface area contributed by atoms with E-state index in [1.807, 2.05) is 12.1 Å². The molecule has 0 fully saturated rings. The molecule has 2 rings (SSSR count). The third-order valence-electron chi connectivity index (χ3n) is 3.19. The monoisotopic (exact) mass is 299 g/mol. The SMILES string of the molecule is CCC(CO)CN1CCOc2ccc(Br)cc21. The van der Waals surface area contributed by atoms with Gasteiger partial charge in [-0.25, -0.2) is 0 Å². The van der Waals surface area contributed by atoms with Gasteiger partial charge in [0.05, 0.1) is 12.2 Å². The summed E-state index contributed by atoms with van der Waals surface area (Å²) >= 11 is 3.49. The van der Waals surface area contributed by atoms with E-state index >= 15 is 0 Å². The molecule has 0 spiro atoms. The minimum atomic E-state index is 0.247. The second-order valence-electron chi connectivity index (χ2n) is 4.36. The molecule has 0 saturated heterocycles. The van der Waals surface area contributed by atoms with E-state index in [9.17, 15) is 5.11 Å². The number of hydrogen-bond acceptors (Lipinski definition) is 3. The average Bonchev–Trinajstić information content (AvgIpc) is 2.36. The minimum absolute atomic E-state index is 0.247. The van der Waals surface area contributed by atoms with Crippen LogP contribution in [-0.4, -0.2) is 31.4 Å². The zero-order valence-electron chi connectivity index (χ0n) is 10.0. The van der Waals surface area contributed by atoms with Crippen molar-refractivity contribution in [3.63, 3.8) is 0 Å². The van der Waals surface area contributed by atoms with Gasteiger partial charge in [0.1, 0.15) is 12.4 Å². The topological polar surface area (TPSA) is 32.7 Å². The summed E-state index contributed by atoms with van der Waals surface area (Å²) in [6.07, 6.45) is 0.997. The van der Waals surface area contributed by atoms with E-state index in [1.54, 1.807) is 0 Å². The minimum Gasteiger partial charge on any atom is -0.490 e. The van der Waals surface area contributed by atoms with E-state index in [1.165, 1.54) is 0 Å². The molecular formula is C13H18BrNO2. The largest absolute Gasteiger partial charge is 0.490 e. The Kier molecular flexibility index (Phi) is 4.29. The fourth-order valence-electron chi connectivity index (χ4n) is 2.06. The predicted octanol–water partition coefficient (Wildman–Crippen LogP) is 2.67. The quantitative estimate of drug-likeness (QED) is 0.928. The first-order valence-electron chi connectivity index (χ1n) is 6.02. The second-order valence-corrected chi connectivity index (χ2v) is 5.28. The van der Waals surface area contributed by atoms with Crippen molar-refractivity contribution in [1.29, 1.82) is 0 Å². The van der Waals surface area contributed by atoms with Crippen LogP contribution in [0.2, 0.25) is 0 Å². The lowest BCUT2D eigenvalue weighted by Crippen LogP contribution is -2.37. The number of nitrogens with zero attached hydrogens (tertiary/aromatic N) is 1. The number of fused-ring (bicyclic) bond motifs is 1. The summed E-state index contributed by atoms with van der Waals surface area (Å²) in [4.78, 5) is 2.30. The molecule has 0 saturated carbocycles. The Bertz CT molecular complexity index is 380. The van der Waals surface area contributed by atoms with E-state index in [4.69, 9.17) is 4.74 Å². The first-order valence-corrected chi connectivity index (χ1v) is 6.82. The first-order chi connectivity index (χ1) is 8.24. The van der Waals surface area contributed by atoms with E-state index < -0.39 is 0 Å². The predicted molar refractivity (Wildman–Crippen MR) is 72.7 cm³/mol. The highest BCUT2D eigenvalue weighted by Crippen LogP contribution is 2.34. The molecule has 1 aliphatic rings. The number of hydrogen-bond donors (Lipinski definition) is 1. The van der Waals surface area contributed by atoms with Gasteiger partial charge in [0, 0.05) is 17.6 Å². The van der Waals surface area contributed by atoms with Crippen molar-refractivity contribution < 1.29 is 9.84 Å². The molecule has 4 heteroatoms. The smallest absolute Gasteiger partial charge is 0.142 e. The molecule has 3 nitrogen and oxygen atoms in total. The number of benzene rings is 1. The van der Waals surface area contributed by atoms with Crippen molar-refractivity contribution in [2.24, 2.45) is 5.92 Å². The standard InChI is InChI=1S/C13H18BrNO2/c1-2-10(9-16)8-15-5-6-17-13-4-3-11(14)7-12(13)15/h3-4,7,10,16H,2,5-6,8-9H2,1H3. The zero-order valence-corrected chi connectivity index (χ0v) is 11.6. The second kappa shape index (κ2) is 5.74. The van der Waals surface area contributed by atoms with Crippen LogP contribution in [0.15, 0.2) is 22.7 Å². The fraction of sp³-hybridized carbons (Fsp3) is 0.538. The summed E-state index contributed by atoms with van der Waals surface area (Å²) in [7, 11) is 0. The Balaban J connectivity index is 2.18. The fourth-order valence-corrected chi connectivity index (χ4v) is 2.41. The van der Waals surface area contributed by atoms with Gasteiger partial charge >= 0.3 is 0 Å². The molecule has 1 N–H and O–H groups in total. The Morgan fingerprint density at radius 1 is 1.53 bits per heavy atom. The van der Waals surface area contributed by atoms with Crippen LogP contribution in [-0.2, 0) is 0 Å². The number of anilines is 1. The Morgan fingerprint density at radius 2 is 2.35 bits per heavy atom. The van der Waals surface area contributed by atoms with Crippen molar-refractivity contribution in [2.75, 3.05) is 31.2 Å². The summed E-state index contributed by atoms with van der Waals surface area (Å²) in [5.74, 6) is 1.27. The van der Waals surface area contributed by atoms with Crippen LogP contribution < -0.4 is 9.64 Å². The number of aliphatic hydroxyl groups is 1. The molecular weight excluding hydrogens is 282 g/mol. The third-order valence-corrected chi connectivity index (χ3v) is 3.69. The maximum atomic E-state index is 9.29. The Labute approximate surface area is 111 Å². The molecule has 17 heavy (non-hydrogen) atoms. The molecule has 0 aromatic heterocycles. The number of halogens is 1. The molecule has 1 atom stereocenters. The van der Waals surface area contributed by atoms with E-state index in [0.29, 0.717) is 5.92 Å². The molecule has 0 aliphatic carbocycles. The lowest BCUT2D eigenvalue weighted by Gasteiger charge is -2.33. The summed E-state index contributed by atoms with van der Waals surface area (Å²) in [6.45, 7) is 4.86. The van der Waals surface area contributed by atoms with Crippen LogP contribution in [0, 0.1) is 5.92 Å². The third kappa shape index (κ3) is 2.93. The van der Waals surface area contributed by atoms with Crippen LogP contribution in [0.25, 0.3) is 0 Å². The summed E-state index contributed by atoms with van der Waals surface area (Å²) in [6, 6.07) is 6.07. The van der Waals surface area contributed by atoms with Gasteiger partial charge in [0.2, 0.25) is 0 Å². The van der Waals surface area contributed by atoms with Crippen LogP contribution in [0.5, 0.6) is 5.75 Å². The normalized spacial score (nSPS) is 16.3. The van der Waals surface area contributed by atoms with Crippen molar-refractivity contribution in [3.05, 3.63) is 22.7 Å². The summed E-state index contributed by atoms with van der Waals surface area (Å²) in [5, 5.41) is 9.29. The number of aliphatic hydroxyl groups excluding tert-OH is 1. The Morgan fingerprint density at radius 3 is 3.06 bits per heavy atom. The number of rotatable bonds is 4. The Hall–Kier alpha value is -0.740. The molecule has 0 bridgehead atoms. The molecule has 1 aliphatic heterocycles. The summed E-state index contributed by atoms with van der Waals surface area (Å²) < 4.78 is 6.69. The van der Waals surface area contributed by atoms with Gasteiger partial charge in [-0.05, 0) is 30.5 Å². The highest BCUT2D eigenvalue weighted by atomic mass is 79.9. The van der Waals surface area contributed by atoms with Crippen LogP contribution in [0.3, 0.4) is 0 Å². The molecule has 0 radical (unpaired) electrons. The maximum Gasteiger partial charge on any atom is 0.142 e.